The first-order valence-electron chi connectivity index (χ1n) is 10.4. The molecule has 160 valence electrons. The molecule has 1 spiro atoms. The summed E-state index contributed by atoms with van der Waals surface area (Å²) in [5, 5.41) is 10.8. The van der Waals surface area contributed by atoms with Crippen molar-refractivity contribution in [2.45, 2.75) is 57.5 Å². The zero-order valence-electron chi connectivity index (χ0n) is 17.8. The van der Waals surface area contributed by atoms with Crippen LogP contribution in [0.3, 0.4) is 0 Å². The summed E-state index contributed by atoms with van der Waals surface area (Å²) in [6, 6.07) is 15.5. The Bertz CT molecular complexity index is 908. The minimum atomic E-state index is -0.674. The van der Waals surface area contributed by atoms with E-state index < -0.39 is 17.3 Å². The van der Waals surface area contributed by atoms with Gasteiger partial charge in [0.1, 0.15) is 29.3 Å². The fourth-order valence-corrected chi connectivity index (χ4v) is 4.02. The number of carbonyl (C=O) groups is 1. The molecule has 0 aromatic heterocycles. The molecule has 0 radical (unpaired) electrons. The summed E-state index contributed by atoms with van der Waals surface area (Å²) in [5.74, 6) is 1.34. The van der Waals surface area contributed by atoms with Gasteiger partial charge in [0.05, 0.1) is 12.6 Å². The van der Waals surface area contributed by atoms with E-state index in [2.05, 4.69) is 0 Å². The lowest BCUT2D eigenvalue weighted by Crippen LogP contribution is -2.45. The van der Waals surface area contributed by atoms with Crippen LogP contribution in [-0.2, 0) is 11.3 Å². The molecular formula is C24H29NO5. The van der Waals surface area contributed by atoms with Crippen molar-refractivity contribution in [3.8, 4) is 11.5 Å². The van der Waals surface area contributed by atoms with Crippen LogP contribution >= 0.6 is 0 Å². The first kappa shape index (κ1) is 20.5. The van der Waals surface area contributed by atoms with Crippen LogP contribution in [0.2, 0.25) is 0 Å². The average molecular weight is 411 g/mol. The third kappa shape index (κ3) is 4.54. The Balaban J connectivity index is 1.43. The molecule has 1 amide bonds. The molecule has 0 aliphatic carbocycles. The number of likely N-dealkylation sites (tertiary alicyclic amines) is 1. The van der Waals surface area contributed by atoms with E-state index in [0.29, 0.717) is 44.0 Å². The summed E-state index contributed by atoms with van der Waals surface area (Å²) in [6.07, 6.45) is 0.0803. The van der Waals surface area contributed by atoms with Crippen LogP contribution < -0.4 is 9.47 Å². The molecule has 6 nitrogen and oxygen atoms in total. The minimum Gasteiger partial charge on any atom is -0.489 e. The molecule has 30 heavy (non-hydrogen) atoms. The van der Waals surface area contributed by atoms with E-state index in [1.165, 1.54) is 0 Å². The predicted octanol–water partition coefficient (Wildman–Crippen LogP) is 4.46. The summed E-state index contributed by atoms with van der Waals surface area (Å²) >= 11 is 0. The molecule has 0 unspecified atom stereocenters. The molecule has 1 fully saturated rings. The molecule has 2 atom stereocenters. The maximum Gasteiger partial charge on any atom is 0.410 e. The second-order valence-corrected chi connectivity index (χ2v) is 9.13. The maximum atomic E-state index is 12.4. The van der Waals surface area contributed by atoms with Crippen LogP contribution in [-0.4, -0.2) is 40.4 Å². The van der Waals surface area contributed by atoms with Crippen molar-refractivity contribution in [3.05, 3.63) is 59.7 Å². The Morgan fingerprint density at radius 2 is 2.00 bits per heavy atom. The smallest absolute Gasteiger partial charge is 0.410 e. The number of hydrogen-bond acceptors (Lipinski definition) is 5. The Morgan fingerprint density at radius 1 is 1.23 bits per heavy atom. The van der Waals surface area contributed by atoms with E-state index in [-0.39, 0.29) is 6.09 Å². The number of benzene rings is 2. The first-order chi connectivity index (χ1) is 14.2. The van der Waals surface area contributed by atoms with E-state index in [1.54, 1.807) is 4.90 Å². The van der Waals surface area contributed by atoms with Crippen LogP contribution in [0.25, 0.3) is 0 Å². The first-order valence-corrected chi connectivity index (χ1v) is 10.4. The largest absolute Gasteiger partial charge is 0.489 e. The van der Waals surface area contributed by atoms with E-state index in [9.17, 15) is 9.90 Å². The van der Waals surface area contributed by atoms with Crippen LogP contribution in [0.5, 0.6) is 11.5 Å². The second kappa shape index (κ2) is 7.84. The summed E-state index contributed by atoms with van der Waals surface area (Å²) < 4.78 is 17.7. The third-order valence-corrected chi connectivity index (χ3v) is 5.45. The normalized spacial score (nSPS) is 23.1. The summed E-state index contributed by atoms with van der Waals surface area (Å²) in [7, 11) is 0. The number of ether oxygens (including phenoxy) is 3. The van der Waals surface area contributed by atoms with Gasteiger partial charge in [-0.25, -0.2) is 4.79 Å². The fraction of sp³-hybridized carbons (Fsp3) is 0.458. The van der Waals surface area contributed by atoms with Crippen LogP contribution in [0.4, 0.5) is 4.79 Å². The highest BCUT2D eigenvalue weighted by Gasteiger charge is 2.47. The Kier molecular flexibility index (Phi) is 5.36. The minimum absolute atomic E-state index is 0.340. The second-order valence-electron chi connectivity index (χ2n) is 9.13. The summed E-state index contributed by atoms with van der Waals surface area (Å²) in [5.41, 5.74) is 0.680. The van der Waals surface area contributed by atoms with Crippen molar-refractivity contribution in [2.24, 2.45) is 0 Å². The van der Waals surface area contributed by atoms with Gasteiger partial charge >= 0.3 is 6.09 Å². The molecule has 0 saturated carbocycles. The molecule has 1 saturated heterocycles. The molecule has 2 aromatic rings. The van der Waals surface area contributed by atoms with Gasteiger partial charge in [0.25, 0.3) is 0 Å². The molecule has 2 aliphatic heterocycles. The number of fused-ring (bicyclic) bond motifs is 1. The van der Waals surface area contributed by atoms with Crippen molar-refractivity contribution in [2.75, 3.05) is 13.1 Å². The standard InChI is InChI=1S/C24H29NO5/c1-23(2,3)30-22(27)25-12-11-24(16-25)14-20(26)19-13-18(9-10-21(19)29-24)28-15-17-7-5-4-6-8-17/h4-10,13,20,26H,11-12,14-16H2,1-3H3/t20-,24-/m0/s1. The lowest BCUT2D eigenvalue weighted by atomic mass is 9.88. The fourth-order valence-electron chi connectivity index (χ4n) is 4.02. The van der Waals surface area contributed by atoms with Crippen LogP contribution in [0.1, 0.15) is 50.8 Å². The van der Waals surface area contributed by atoms with Gasteiger partial charge in [-0.05, 0) is 44.5 Å². The highest BCUT2D eigenvalue weighted by molar-refractivity contribution is 5.68. The lowest BCUT2D eigenvalue weighted by Gasteiger charge is -2.38. The molecule has 4 rings (SSSR count). The van der Waals surface area contributed by atoms with Gasteiger partial charge in [0, 0.05) is 24.9 Å². The monoisotopic (exact) mass is 411 g/mol. The Hall–Kier alpha value is -2.73. The quantitative estimate of drug-likeness (QED) is 0.808. The van der Waals surface area contributed by atoms with Gasteiger partial charge in [-0.15, -0.1) is 0 Å². The number of hydrogen-bond donors (Lipinski definition) is 1. The van der Waals surface area contributed by atoms with Crippen LogP contribution in [0, 0.1) is 0 Å². The number of amides is 1. The van der Waals surface area contributed by atoms with Gasteiger partial charge < -0.3 is 24.2 Å². The van der Waals surface area contributed by atoms with Gasteiger partial charge in [-0.2, -0.15) is 0 Å². The average Bonchev–Trinajstić information content (AvgIpc) is 3.09. The Labute approximate surface area is 177 Å². The third-order valence-electron chi connectivity index (χ3n) is 5.45. The van der Waals surface area contributed by atoms with E-state index in [1.807, 2.05) is 69.3 Å². The predicted molar refractivity (Wildman–Crippen MR) is 113 cm³/mol. The SMILES string of the molecule is CC(C)(C)OC(=O)N1CC[C@]2(C[C@H](O)c3cc(OCc4ccccc4)ccc3O2)C1. The van der Waals surface area contributed by atoms with Gasteiger partial charge in [0.15, 0.2) is 0 Å². The molecule has 2 aromatic carbocycles. The molecule has 6 heteroatoms. The number of aliphatic hydroxyl groups is 1. The topological polar surface area (TPSA) is 68.2 Å². The van der Waals surface area contributed by atoms with E-state index in [0.717, 1.165) is 11.1 Å². The van der Waals surface area contributed by atoms with Crippen molar-refractivity contribution in [1.29, 1.82) is 0 Å². The van der Waals surface area contributed by atoms with Crippen molar-refractivity contribution >= 4 is 6.09 Å². The van der Waals surface area contributed by atoms with Gasteiger partial charge in [0.2, 0.25) is 0 Å². The molecule has 1 N–H and O–H groups in total. The molecule has 0 bridgehead atoms. The number of aliphatic hydroxyl groups excluding tert-OH is 1. The lowest BCUT2D eigenvalue weighted by molar-refractivity contribution is -0.0132. The highest BCUT2D eigenvalue weighted by Crippen LogP contribution is 2.45. The number of nitrogens with zero attached hydrogens (tertiary/aromatic N) is 1. The van der Waals surface area contributed by atoms with Gasteiger partial charge in [-0.3, -0.25) is 0 Å². The molecule has 2 aliphatic rings. The van der Waals surface area contributed by atoms with Crippen LogP contribution in [0.15, 0.2) is 48.5 Å². The van der Waals surface area contributed by atoms with Crippen molar-refractivity contribution in [3.63, 3.8) is 0 Å². The number of rotatable bonds is 3. The Morgan fingerprint density at radius 3 is 2.73 bits per heavy atom. The highest BCUT2D eigenvalue weighted by atomic mass is 16.6. The summed E-state index contributed by atoms with van der Waals surface area (Å²) in [4.78, 5) is 14.1. The van der Waals surface area contributed by atoms with Crippen molar-refractivity contribution < 1.29 is 24.1 Å². The van der Waals surface area contributed by atoms with Crippen molar-refractivity contribution in [1.82, 2.24) is 4.90 Å². The summed E-state index contributed by atoms with van der Waals surface area (Å²) in [6.45, 7) is 6.98. The molecule has 2 heterocycles. The molecular weight excluding hydrogens is 382 g/mol. The van der Waals surface area contributed by atoms with E-state index in [4.69, 9.17) is 14.2 Å². The zero-order valence-corrected chi connectivity index (χ0v) is 17.8. The van der Waals surface area contributed by atoms with E-state index >= 15 is 0 Å². The zero-order chi connectivity index (χ0) is 21.4. The number of carbonyl (C=O) groups excluding carboxylic acids is 1. The van der Waals surface area contributed by atoms with Gasteiger partial charge in [-0.1, -0.05) is 30.3 Å². The maximum absolute atomic E-state index is 12.4.